The number of hydrogen-bond donors (Lipinski definition) is 1. The molecule has 3 aromatic carbocycles. The average Bonchev–Trinajstić information content (AvgIpc) is 2.64. The van der Waals surface area contributed by atoms with Gasteiger partial charge in [-0.2, -0.15) is 0 Å². The second-order valence-electron chi connectivity index (χ2n) is 5.61. The Morgan fingerprint density at radius 2 is 1.40 bits per heavy atom. The lowest BCUT2D eigenvalue weighted by Gasteiger charge is -2.20. The van der Waals surface area contributed by atoms with Gasteiger partial charge in [0.05, 0.1) is 6.04 Å². The number of anilines is 1. The number of halogens is 2. The first-order valence-corrected chi connectivity index (χ1v) is 7.87. The number of rotatable bonds is 6. The third-order valence-electron chi connectivity index (χ3n) is 3.87. The fourth-order valence-electron chi connectivity index (χ4n) is 2.61. The van der Waals surface area contributed by atoms with E-state index in [0.29, 0.717) is 12.0 Å². The molecule has 0 saturated carbocycles. The Balaban J connectivity index is 0.00000225. The van der Waals surface area contributed by atoms with Crippen LogP contribution in [0.15, 0.2) is 84.9 Å². The SMILES string of the molecule is Cl.O=C(CC(Nc1ccc(F)cc1)c1ccccc1)c1ccccc1. The molecule has 0 aliphatic carbocycles. The number of ketones is 1. The number of hydrogen-bond acceptors (Lipinski definition) is 2. The van der Waals surface area contributed by atoms with Gasteiger partial charge in [0.15, 0.2) is 5.78 Å². The molecule has 25 heavy (non-hydrogen) atoms. The minimum absolute atomic E-state index is 0. The molecule has 1 atom stereocenters. The third-order valence-corrected chi connectivity index (χ3v) is 3.87. The molecule has 1 N–H and O–H groups in total. The first-order chi connectivity index (χ1) is 11.7. The van der Waals surface area contributed by atoms with Crippen LogP contribution in [0.2, 0.25) is 0 Å². The molecular formula is C21H19ClFNO. The fourth-order valence-corrected chi connectivity index (χ4v) is 2.61. The lowest BCUT2D eigenvalue weighted by Crippen LogP contribution is -2.15. The van der Waals surface area contributed by atoms with Crippen molar-refractivity contribution < 1.29 is 9.18 Å². The Kier molecular flexibility index (Phi) is 6.72. The van der Waals surface area contributed by atoms with Crippen LogP contribution in [0.4, 0.5) is 10.1 Å². The summed E-state index contributed by atoms with van der Waals surface area (Å²) < 4.78 is 13.1. The van der Waals surface area contributed by atoms with E-state index in [-0.39, 0.29) is 30.0 Å². The first kappa shape index (κ1) is 18.7. The summed E-state index contributed by atoms with van der Waals surface area (Å²) in [6.07, 6.45) is 0.325. The smallest absolute Gasteiger partial charge is 0.165 e. The van der Waals surface area contributed by atoms with Crippen LogP contribution in [-0.2, 0) is 0 Å². The van der Waals surface area contributed by atoms with E-state index in [2.05, 4.69) is 5.32 Å². The average molecular weight is 356 g/mol. The predicted octanol–water partition coefficient (Wildman–Crippen LogP) is 5.67. The summed E-state index contributed by atoms with van der Waals surface area (Å²) >= 11 is 0. The Morgan fingerprint density at radius 1 is 0.840 bits per heavy atom. The number of carbonyl (C=O) groups excluding carboxylic acids is 1. The molecule has 0 radical (unpaired) electrons. The van der Waals surface area contributed by atoms with Crippen molar-refractivity contribution in [1.29, 1.82) is 0 Å². The minimum Gasteiger partial charge on any atom is -0.378 e. The highest BCUT2D eigenvalue weighted by Gasteiger charge is 2.17. The fraction of sp³-hybridized carbons (Fsp3) is 0.0952. The van der Waals surface area contributed by atoms with Crippen LogP contribution in [0.5, 0.6) is 0 Å². The normalized spacial score (nSPS) is 11.2. The molecule has 3 aromatic rings. The highest BCUT2D eigenvalue weighted by atomic mass is 35.5. The van der Waals surface area contributed by atoms with Crippen LogP contribution in [0.25, 0.3) is 0 Å². The van der Waals surface area contributed by atoms with E-state index in [0.717, 1.165) is 11.3 Å². The van der Waals surface area contributed by atoms with E-state index < -0.39 is 0 Å². The van der Waals surface area contributed by atoms with Crippen molar-refractivity contribution >= 4 is 23.9 Å². The summed E-state index contributed by atoms with van der Waals surface area (Å²) in [6, 6.07) is 25.1. The van der Waals surface area contributed by atoms with Crippen LogP contribution in [0, 0.1) is 5.82 Å². The standard InChI is InChI=1S/C21H18FNO.ClH/c22-18-11-13-19(14-12-18)23-20(16-7-3-1-4-8-16)15-21(24)17-9-5-2-6-10-17;/h1-14,20,23H,15H2;1H. The maximum Gasteiger partial charge on any atom is 0.165 e. The monoisotopic (exact) mass is 355 g/mol. The summed E-state index contributed by atoms with van der Waals surface area (Å²) in [5, 5.41) is 3.34. The minimum atomic E-state index is -0.280. The van der Waals surface area contributed by atoms with Crippen LogP contribution < -0.4 is 5.32 Å². The molecule has 0 aliphatic heterocycles. The molecule has 1 unspecified atom stereocenters. The molecule has 4 heteroatoms. The van der Waals surface area contributed by atoms with E-state index in [1.54, 1.807) is 12.1 Å². The molecule has 0 bridgehead atoms. The number of benzene rings is 3. The van der Waals surface area contributed by atoms with Gasteiger partial charge in [0.25, 0.3) is 0 Å². The molecule has 0 spiro atoms. The molecule has 0 heterocycles. The van der Waals surface area contributed by atoms with E-state index in [1.165, 1.54) is 12.1 Å². The van der Waals surface area contributed by atoms with Crippen molar-refractivity contribution in [1.82, 2.24) is 0 Å². The van der Waals surface area contributed by atoms with Gasteiger partial charge in [-0.3, -0.25) is 4.79 Å². The molecule has 2 nitrogen and oxygen atoms in total. The molecule has 0 aliphatic rings. The molecule has 128 valence electrons. The molecule has 0 aromatic heterocycles. The van der Waals surface area contributed by atoms with Crippen LogP contribution in [-0.4, -0.2) is 5.78 Å². The Bertz CT molecular complexity index is 791. The summed E-state index contributed by atoms with van der Waals surface area (Å²) in [7, 11) is 0. The second kappa shape index (κ2) is 9.00. The Labute approximate surface area is 153 Å². The summed E-state index contributed by atoms with van der Waals surface area (Å²) in [4.78, 5) is 12.6. The lowest BCUT2D eigenvalue weighted by atomic mass is 9.97. The maximum atomic E-state index is 13.1. The van der Waals surface area contributed by atoms with Crippen molar-refractivity contribution in [3.63, 3.8) is 0 Å². The zero-order valence-corrected chi connectivity index (χ0v) is 14.4. The molecular weight excluding hydrogens is 337 g/mol. The number of Topliss-reactive ketones (excluding diaryl/α,β-unsaturated/α-hetero) is 1. The van der Waals surface area contributed by atoms with Gasteiger partial charge in [0.2, 0.25) is 0 Å². The van der Waals surface area contributed by atoms with Crippen molar-refractivity contribution in [3.8, 4) is 0 Å². The van der Waals surface area contributed by atoms with Gasteiger partial charge in [-0.15, -0.1) is 12.4 Å². The largest absolute Gasteiger partial charge is 0.378 e. The van der Waals surface area contributed by atoms with E-state index in [1.807, 2.05) is 60.7 Å². The van der Waals surface area contributed by atoms with Crippen molar-refractivity contribution in [3.05, 3.63) is 102 Å². The lowest BCUT2D eigenvalue weighted by molar-refractivity contribution is 0.0976. The second-order valence-corrected chi connectivity index (χ2v) is 5.61. The summed E-state index contributed by atoms with van der Waals surface area (Å²) in [5.74, 6) is -0.212. The van der Waals surface area contributed by atoms with E-state index >= 15 is 0 Å². The summed E-state index contributed by atoms with van der Waals surface area (Å²) in [5.41, 5.74) is 2.50. The summed E-state index contributed by atoms with van der Waals surface area (Å²) in [6.45, 7) is 0. The topological polar surface area (TPSA) is 29.1 Å². The van der Waals surface area contributed by atoms with Crippen molar-refractivity contribution in [2.45, 2.75) is 12.5 Å². The predicted molar refractivity (Wildman–Crippen MR) is 102 cm³/mol. The van der Waals surface area contributed by atoms with Crippen molar-refractivity contribution in [2.24, 2.45) is 0 Å². The van der Waals surface area contributed by atoms with Crippen LogP contribution >= 0.6 is 12.4 Å². The Hall–Kier alpha value is -2.65. The quantitative estimate of drug-likeness (QED) is 0.577. The highest BCUT2D eigenvalue weighted by Crippen LogP contribution is 2.24. The molecule has 3 rings (SSSR count). The number of nitrogens with one attached hydrogen (secondary N) is 1. The Morgan fingerprint density at radius 3 is 2.00 bits per heavy atom. The van der Waals surface area contributed by atoms with Gasteiger partial charge in [-0.05, 0) is 29.8 Å². The van der Waals surface area contributed by atoms with Gasteiger partial charge < -0.3 is 5.32 Å². The van der Waals surface area contributed by atoms with Crippen LogP contribution in [0.3, 0.4) is 0 Å². The first-order valence-electron chi connectivity index (χ1n) is 7.87. The van der Waals surface area contributed by atoms with E-state index in [9.17, 15) is 9.18 Å². The van der Waals surface area contributed by atoms with Gasteiger partial charge in [0.1, 0.15) is 5.82 Å². The zero-order valence-electron chi connectivity index (χ0n) is 13.6. The molecule has 0 amide bonds. The van der Waals surface area contributed by atoms with Gasteiger partial charge >= 0.3 is 0 Å². The maximum absolute atomic E-state index is 13.1. The van der Waals surface area contributed by atoms with Gasteiger partial charge in [0, 0.05) is 17.7 Å². The van der Waals surface area contributed by atoms with E-state index in [4.69, 9.17) is 0 Å². The van der Waals surface area contributed by atoms with Crippen LogP contribution in [0.1, 0.15) is 28.4 Å². The molecule has 0 fully saturated rings. The zero-order chi connectivity index (χ0) is 16.8. The number of carbonyl (C=O) groups is 1. The third kappa shape index (κ3) is 5.16. The van der Waals surface area contributed by atoms with Gasteiger partial charge in [-0.25, -0.2) is 4.39 Å². The molecule has 0 saturated heterocycles. The highest BCUT2D eigenvalue weighted by molar-refractivity contribution is 5.96. The van der Waals surface area contributed by atoms with Crippen molar-refractivity contribution in [2.75, 3.05) is 5.32 Å². The van der Waals surface area contributed by atoms with Gasteiger partial charge in [-0.1, -0.05) is 60.7 Å².